The van der Waals surface area contributed by atoms with Gasteiger partial charge in [-0.2, -0.15) is 5.10 Å². The van der Waals surface area contributed by atoms with Gasteiger partial charge in [-0.3, -0.25) is 4.68 Å². The molecule has 0 spiro atoms. The van der Waals surface area contributed by atoms with Gasteiger partial charge in [-0.05, 0) is 35.2 Å². The van der Waals surface area contributed by atoms with E-state index in [4.69, 9.17) is 0 Å². The molecular weight excluding hydrogens is 306 g/mol. The first-order valence-corrected chi connectivity index (χ1v) is 7.93. The Kier molecular flexibility index (Phi) is 5.03. The van der Waals surface area contributed by atoms with Crippen LogP contribution in [0.15, 0.2) is 4.47 Å². The molecular formula is C14H24BrN3O. The highest BCUT2D eigenvalue weighted by Crippen LogP contribution is 2.37. The molecule has 1 aromatic rings. The van der Waals surface area contributed by atoms with E-state index < -0.39 is 0 Å². The van der Waals surface area contributed by atoms with Gasteiger partial charge in [0, 0.05) is 32.2 Å². The normalized spacial score (nSPS) is 18.1. The van der Waals surface area contributed by atoms with Crippen molar-refractivity contribution in [1.29, 1.82) is 0 Å². The lowest BCUT2D eigenvalue weighted by Crippen LogP contribution is -2.35. The zero-order chi connectivity index (χ0) is 13.9. The van der Waals surface area contributed by atoms with E-state index in [9.17, 15) is 5.11 Å². The Morgan fingerprint density at radius 2 is 2.11 bits per heavy atom. The van der Waals surface area contributed by atoms with Crippen LogP contribution in [0, 0.1) is 5.41 Å². The number of aromatic nitrogens is 2. The number of rotatable bonds is 6. The third-order valence-electron chi connectivity index (χ3n) is 4.30. The maximum absolute atomic E-state index is 9.60. The van der Waals surface area contributed by atoms with E-state index in [-0.39, 0.29) is 5.41 Å². The van der Waals surface area contributed by atoms with Gasteiger partial charge in [-0.15, -0.1) is 0 Å². The van der Waals surface area contributed by atoms with E-state index >= 15 is 0 Å². The van der Waals surface area contributed by atoms with Crippen molar-refractivity contribution in [3.05, 3.63) is 15.9 Å². The van der Waals surface area contributed by atoms with E-state index in [0.29, 0.717) is 6.61 Å². The van der Waals surface area contributed by atoms with Crippen molar-refractivity contribution in [3.8, 4) is 0 Å². The molecule has 0 atom stereocenters. The van der Waals surface area contributed by atoms with Gasteiger partial charge in [0.25, 0.3) is 0 Å². The number of hydrogen-bond acceptors (Lipinski definition) is 3. The first-order valence-electron chi connectivity index (χ1n) is 7.14. The van der Waals surface area contributed by atoms with Crippen molar-refractivity contribution in [2.75, 3.05) is 13.2 Å². The van der Waals surface area contributed by atoms with Gasteiger partial charge < -0.3 is 10.4 Å². The summed E-state index contributed by atoms with van der Waals surface area (Å²) in [5.74, 6) is 0. The molecule has 5 heteroatoms. The second kappa shape index (κ2) is 6.37. The van der Waals surface area contributed by atoms with Crippen LogP contribution in [0.3, 0.4) is 0 Å². The smallest absolute Gasteiger partial charge is 0.0767 e. The summed E-state index contributed by atoms with van der Waals surface area (Å²) in [6.45, 7) is 4.10. The summed E-state index contributed by atoms with van der Waals surface area (Å²) in [6, 6.07) is 0. The van der Waals surface area contributed by atoms with Gasteiger partial charge >= 0.3 is 0 Å². The number of aliphatic hydroxyl groups excluding tert-OH is 1. The van der Waals surface area contributed by atoms with Crippen LogP contribution in [0.4, 0.5) is 0 Å². The van der Waals surface area contributed by atoms with Gasteiger partial charge in [-0.25, -0.2) is 0 Å². The molecule has 0 radical (unpaired) electrons. The highest BCUT2D eigenvalue weighted by atomic mass is 79.9. The summed E-state index contributed by atoms with van der Waals surface area (Å²) in [4.78, 5) is 0. The minimum Gasteiger partial charge on any atom is -0.396 e. The van der Waals surface area contributed by atoms with E-state index in [1.54, 1.807) is 0 Å². The van der Waals surface area contributed by atoms with E-state index in [2.05, 4.69) is 33.3 Å². The van der Waals surface area contributed by atoms with E-state index in [1.165, 1.54) is 18.5 Å². The fourth-order valence-electron chi connectivity index (χ4n) is 2.97. The molecule has 0 unspecified atom stereocenters. The second-order valence-corrected chi connectivity index (χ2v) is 6.45. The first-order chi connectivity index (χ1) is 9.12. The fourth-order valence-corrected chi connectivity index (χ4v) is 3.73. The Labute approximate surface area is 123 Å². The topological polar surface area (TPSA) is 50.1 Å². The van der Waals surface area contributed by atoms with Crippen LogP contribution in [-0.2, 0) is 20.0 Å². The molecule has 1 aromatic heterocycles. The van der Waals surface area contributed by atoms with Crippen molar-refractivity contribution in [3.63, 3.8) is 0 Å². The Morgan fingerprint density at radius 1 is 1.42 bits per heavy atom. The highest BCUT2D eigenvalue weighted by Gasteiger charge is 2.32. The van der Waals surface area contributed by atoms with Gasteiger partial charge in [0.1, 0.15) is 0 Å². The summed E-state index contributed by atoms with van der Waals surface area (Å²) >= 11 is 3.63. The Morgan fingerprint density at radius 3 is 2.63 bits per heavy atom. The molecule has 2 N–H and O–H groups in total. The number of aryl methyl sites for hydroxylation is 2. The lowest BCUT2D eigenvalue weighted by molar-refractivity contribution is 0.128. The highest BCUT2D eigenvalue weighted by molar-refractivity contribution is 9.10. The largest absolute Gasteiger partial charge is 0.396 e. The van der Waals surface area contributed by atoms with Crippen LogP contribution in [-0.4, -0.2) is 28.0 Å². The van der Waals surface area contributed by atoms with Crippen LogP contribution >= 0.6 is 15.9 Å². The maximum Gasteiger partial charge on any atom is 0.0767 e. The monoisotopic (exact) mass is 329 g/mol. The Hall–Kier alpha value is -0.390. The number of halogens is 1. The average molecular weight is 330 g/mol. The minimum absolute atomic E-state index is 0.110. The van der Waals surface area contributed by atoms with Crippen LogP contribution < -0.4 is 5.32 Å². The first kappa shape index (κ1) is 15.0. The minimum atomic E-state index is 0.110. The number of nitrogens with zero attached hydrogens (tertiary/aromatic N) is 2. The predicted molar refractivity (Wildman–Crippen MR) is 80.0 cm³/mol. The van der Waals surface area contributed by atoms with Crippen LogP contribution in [0.1, 0.15) is 44.0 Å². The van der Waals surface area contributed by atoms with Gasteiger partial charge in [0.05, 0.1) is 15.9 Å². The predicted octanol–water partition coefficient (Wildman–Crippen LogP) is 2.39. The maximum atomic E-state index is 9.60. The molecule has 0 aromatic carbocycles. The van der Waals surface area contributed by atoms with Crippen LogP contribution in [0.25, 0.3) is 0 Å². The number of nitrogens with one attached hydrogen (secondary N) is 1. The molecule has 0 bridgehead atoms. The fraction of sp³-hybridized carbons (Fsp3) is 0.786. The molecule has 0 aliphatic heterocycles. The zero-order valence-electron chi connectivity index (χ0n) is 11.9. The molecule has 108 valence electrons. The molecule has 0 saturated heterocycles. The molecule has 1 saturated carbocycles. The summed E-state index contributed by atoms with van der Waals surface area (Å²) in [5.41, 5.74) is 2.40. The molecule has 19 heavy (non-hydrogen) atoms. The Balaban J connectivity index is 1.94. The molecule has 1 fully saturated rings. The van der Waals surface area contributed by atoms with E-state index in [1.807, 2.05) is 11.7 Å². The zero-order valence-corrected chi connectivity index (χ0v) is 13.5. The standard InChI is InChI=1S/C14H24BrN3O/c1-3-11-13(15)12(18(2)17-11)8-16-9-14(10-19)6-4-5-7-14/h16,19H,3-10H2,1-2H3. The summed E-state index contributed by atoms with van der Waals surface area (Å²) < 4.78 is 3.06. The van der Waals surface area contributed by atoms with Crippen LogP contribution in [0.5, 0.6) is 0 Å². The van der Waals surface area contributed by atoms with Crippen molar-refractivity contribution < 1.29 is 5.11 Å². The number of hydrogen-bond donors (Lipinski definition) is 2. The molecule has 1 aliphatic carbocycles. The molecule has 1 aliphatic rings. The van der Waals surface area contributed by atoms with Crippen molar-refractivity contribution in [2.45, 2.75) is 45.6 Å². The quantitative estimate of drug-likeness (QED) is 0.842. The summed E-state index contributed by atoms with van der Waals surface area (Å²) in [7, 11) is 1.98. The third kappa shape index (κ3) is 3.20. The SMILES string of the molecule is CCc1nn(C)c(CNCC2(CO)CCCC2)c1Br. The molecule has 4 nitrogen and oxygen atoms in total. The lowest BCUT2D eigenvalue weighted by atomic mass is 9.87. The summed E-state index contributed by atoms with van der Waals surface area (Å²) in [5, 5.41) is 17.6. The van der Waals surface area contributed by atoms with Gasteiger partial charge in [0.15, 0.2) is 0 Å². The van der Waals surface area contributed by atoms with Crippen molar-refractivity contribution >= 4 is 15.9 Å². The van der Waals surface area contributed by atoms with E-state index in [0.717, 1.165) is 42.5 Å². The lowest BCUT2D eigenvalue weighted by Gasteiger charge is -2.26. The van der Waals surface area contributed by atoms with Gasteiger partial charge in [0.2, 0.25) is 0 Å². The second-order valence-electron chi connectivity index (χ2n) is 5.65. The molecule has 0 amide bonds. The summed E-state index contributed by atoms with van der Waals surface area (Å²) in [6.07, 6.45) is 5.72. The average Bonchev–Trinajstić information content (AvgIpc) is 2.98. The third-order valence-corrected chi connectivity index (χ3v) is 5.21. The van der Waals surface area contributed by atoms with Crippen molar-refractivity contribution in [1.82, 2.24) is 15.1 Å². The molecule has 1 heterocycles. The van der Waals surface area contributed by atoms with Gasteiger partial charge in [-0.1, -0.05) is 19.8 Å². The van der Waals surface area contributed by atoms with Crippen LogP contribution in [0.2, 0.25) is 0 Å². The Bertz CT molecular complexity index is 425. The van der Waals surface area contributed by atoms with Crippen molar-refractivity contribution in [2.24, 2.45) is 12.5 Å². The number of aliphatic hydroxyl groups is 1. The molecule has 2 rings (SSSR count).